The summed E-state index contributed by atoms with van der Waals surface area (Å²) in [4.78, 5) is 20.1. The van der Waals surface area contributed by atoms with Crippen LogP contribution in [0.15, 0.2) is 16.5 Å². The van der Waals surface area contributed by atoms with Crippen LogP contribution < -0.4 is 0 Å². The highest BCUT2D eigenvalue weighted by molar-refractivity contribution is 5.79. The van der Waals surface area contributed by atoms with Crippen LogP contribution in [-0.4, -0.2) is 65.9 Å². The van der Waals surface area contributed by atoms with E-state index in [4.69, 9.17) is 4.42 Å². The van der Waals surface area contributed by atoms with Gasteiger partial charge in [-0.3, -0.25) is 14.6 Å². The summed E-state index contributed by atoms with van der Waals surface area (Å²) in [7, 11) is 0. The van der Waals surface area contributed by atoms with Gasteiger partial charge in [0.2, 0.25) is 5.91 Å². The van der Waals surface area contributed by atoms with E-state index >= 15 is 0 Å². The fourth-order valence-electron chi connectivity index (χ4n) is 5.10. The van der Waals surface area contributed by atoms with E-state index in [-0.39, 0.29) is 5.92 Å². The fraction of sp³-hybridized carbons (Fsp3) is 0.773. The van der Waals surface area contributed by atoms with Crippen molar-refractivity contribution in [3.63, 3.8) is 0 Å². The van der Waals surface area contributed by atoms with E-state index in [0.29, 0.717) is 11.9 Å². The van der Waals surface area contributed by atoms with Gasteiger partial charge in [-0.05, 0) is 57.2 Å². The summed E-state index contributed by atoms with van der Waals surface area (Å²) in [6, 6.07) is 4.88. The summed E-state index contributed by atoms with van der Waals surface area (Å²) < 4.78 is 5.87. The Morgan fingerprint density at radius 3 is 2.44 bits per heavy atom. The van der Waals surface area contributed by atoms with Crippen LogP contribution in [0.25, 0.3) is 0 Å². The molecule has 1 unspecified atom stereocenters. The summed E-state index contributed by atoms with van der Waals surface area (Å²) in [6.45, 7) is 9.46. The lowest BCUT2D eigenvalue weighted by Gasteiger charge is -2.42. The maximum atomic E-state index is 12.8. The van der Waals surface area contributed by atoms with Crippen molar-refractivity contribution in [2.45, 2.75) is 64.5 Å². The number of amides is 1. The maximum absolute atomic E-state index is 12.8. The zero-order valence-electron chi connectivity index (χ0n) is 16.9. The first-order chi connectivity index (χ1) is 13.2. The van der Waals surface area contributed by atoms with Gasteiger partial charge in [-0.15, -0.1) is 0 Å². The van der Waals surface area contributed by atoms with Crippen LogP contribution in [0.4, 0.5) is 0 Å². The molecule has 0 spiro atoms. The molecule has 3 aliphatic heterocycles. The smallest absolute Gasteiger partial charge is 0.226 e. The molecule has 0 aromatic carbocycles. The average Bonchev–Trinajstić information content (AvgIpc) is 3.40. The van der Waals surface area contributed by atoms with Gasteiger partial charge in [0, 0.05) is 45.2 Å². The minimum Gasteiger partial charge on any atom is -0.465 e. The predicted molar refractivity (Wildman–Crippen MR) is 106 cm³/mol. The van der Waals surface area contributed by atoms with Gasteiger partial charge in [0.15, 0.2) is 0 Å². The zero-order chi connectivity index (χ0) is 18.6. The lowest BCUT2D eigenvalue weighted by Crippen LogP contribution is -2.50. The third-order valence-electron chi connectivity index (χ3n) is 6.74. The molecule has 0 radical (unpaired) electrons. The van der Waals surface area contributed by atoms with Crippen LogP contribution in [-0.2, 0) is 17.8 Å². The molecule has 0 saturated carbocycles. The Labute approximate surface area is 163 Å². The summed E-state index contributed by atoms with van der Waals surface area (Å²) >= 11 is 0. The molecule has 27 heavy (non-hydrogen) atoms. The Morgan fingerprint density at radius 1 is 1.00 bits per heavy atom. The van der Waals surface area contributed by atoms with Crippen LogP contribution in [0.2, 0.25) is 0 Å². The third-order valence-corrected chi connectivity index (χ3v) is 6.74. The number of aryl methyl sites for hydroxylation is 1. The van der Waals surface area contributed by atoms with E-state index in [1.165, 1.54) is 38.6 Å². The molecule has 1 amide bonds. The number of furan rings is 1. The Morgan fingerprint density at radius 2 is 1.74 bits per heavy atom. The second-order valence-electron chi connectivity index (χ2n) is 8.60. The first kappa shape index (κ1) is 19.0. The molecule has 3 fully saturated rings. The second kappa shape index (κ2) is 8.78. The Hall–Kier alpha value is -1.33. The first-order valence-electron chi connectivity index (χ1n) is 11.1. The summed E-state index contributed by atoms with van der Waals surface area (Å²) in [5, 5.41) is 0. The number of nitrogens with zero attached hydrogens (tertiary/aromatic N) is 3. The van der Waals surface area contributed by atoms with Gasteiger partial charge in [0.1, 0.15) is 11.5 Å². The lowest BCUT2D eigenvalue weighted by atomic mass is 9.93. The number of likely N-dealkylation sites (tertiary alicyclic amines) is 3. The number of rotatable bonds is 5. The summed E-state index contributed by atoms with van der Waals surface area (Å²) in [5.41, 5.74) is 0. The highest BCUT2D eigenvalue weighted by Gasteiger charge is 2.34. The second-order valence-corrected chi connectivity index (χ2v) is 8.60. The van der Waals surface area contributed by atoms with Gasteiger partial charge in [-0.1, -0.05) is 6.92 Å². The first-order valence-corrected chi connectivity index (χ1v) is 11.1. The molecule has 4 heterocycles. The van der Waals surface area contributed by atoms with Crippen molar-refractivity contribution in [3.05, 3.63) is 23.7 Å². The Balaban J connectivity index is 1.25. The van der Waals surface area contributed by atoms with E-state index < -0.39 is 0 Å². The van der Waals surface area contributed by atoms with Crippen LogP contribution >= 0.6 is 0 Å². The summed E-state index contributed by atoms with van der Waals surface area (Å²) in [5.74, 6) is 2.85. The van der Waals surface area contributed by atoms with Gasteiger partial charge in [-0.2, -0.15) is 0 Å². The Bertz CT molecular complexity index is 615. The van der Waals surface area contributed by atoms with Gasteiger partial charge in [-0.25, -0.2) is 0 Å². The largest absolute Gasteiger partial charge is 0.465 e. The monoisotopic (exact) mass is 373 g/mol. The maximum Gasteiger partial charge on any atom is 0.226 e. The van der Waals surface area contributed by atoms with Crippen LogP contribution in [0, 0.1) is 5.92 Å². The number of hydrogen-bond donors (Lipinski definition) is 0. The molecule has 0 aliphatic carbocycles. The molecule has 5 heteroatoms. The molecular formula is C22H35N3O2. The minimum absolute atomic E-state index is 0.241. The number of hydrogen-bond acceptors (Lipinski definition) is 4. The van der Waals surface area contributed by atoms with Crippen LogP contribution in [0.3, 0.4) is 0 Å². The molecule has 3 aliphatic rings. The van der Waals surface area contributed by atoms with Crippen molar-refractivity contribution in [3.8, 4) is 0 Å². The van der Waals surface area contributed by atoms with Crippen LogP contribution in [0.5, 0.6) is 0 Å². The summed E-state index contributed by atoms with van der Waals surface area (Å²) in [6.07, 6.45) is 8.04. The van der Waals surface area contributed by atoms with Crippen LogP contribution in [0.1, 0.15) is 57.0 Å². The molecule has 0 N–H and O–H groups in total. The number of piperidine rings is 2. The van der Waals surface area contributed by atoms with Gasteiger partial charge >= 0.3 is 0 Å². The normalized spacial score (nSPS) is 26.0. The molecule has 4 rings (SSSR count). The van der Waals surface area contributed by atoms with Crippen molar-refractivity contribution in [1.82, 2.24) is 14.7 Å². The molecule has 5 nitrogen and oxygen atoms in total. The molecular weight excluding hydrogens is 338 g/mol. The van der Waals surface area contributed by atoms with E-state index in [1.807, 2.05) is 0 Å². The van der Waals surface area contributed by atoms with Gasteiger partial charge < -0.3 is 9.32 Å². The van der Waals surface area contributed by atoms with Crippen molar-refractivity contribution in [2.75, 3.05) is 39.3 Å². The number of carbonyl (C=O) groups excluding carboxylic acids is 1. The Kier molecular flexibility index (Phi) is 6.18. The molecule has 0 bridgehead atoms. The zero-order valence-corrected chi connectivity index (χ0v) is 16.9. The average molecular weight is 374 g/mol. The molecule has 1 aromatic heterocycles. The topological polar surface area (TPSA) is 39.9 Å². The standard InChI is InChI=1S/C22H35N3O2/c1-2-20-7-8-21(27-20)17-23-14-9-19(10-15-23)25-13-5-6-18(16-25)22(26)24-11-3-4-12-24/h7-8,18-19H,2-6,9-17H2,1H3. The highest BCUT2D eigenvalue weighted by Crippen LogP contribution is 2.26. The third kappa shape index (κ3) is 4.57. The molecule has 150 valence electrons. The van der Waals surface area contributed by atoms with Gasteiger partial charge in [0.05, 0.1) is 12.5 Å². The molecule has 1 aromatic rings. The van der Waals surface area contributed by atoms with E-state index in [2.05, 4.69) is 33.8 Å². The van der Waals surface area contributed by atoms with E-state index in [9.17, 15) is 4.79 Å². The SMILES string of the molecule is CCc1ccc(CN2CCC(N3CCCC(C(=O)N4CCCC4)C3)CC2)o1. The molecule has 3 saturated heterocycles. The van der Waals surface area contributed by atoms with Crippen molar-refractivity contribution < 1.29 is 9.21 Å². The van der Waals surface area contributed by atoms with Gasteiger partial charge in [0.25, 0.3) is 0 Å². The lowest BCUT2D eigenvalue weighted by molar-refractivity contribution is -0.136. The van der Waals surface area contributed by atoms with Crippen molar-refractivity contribution in [2.24, 2.45) is 5.92 Å². The van der Waals surface area contributed by atoms with E-state index in [1.54, 1.807) is 0 Å². The van der Waals surface area contributed by atoms with Crippen molar-refractivity contribution >= 4 is 5.91 Å². The predicted octanol–water partition coefficient (Wildman–Crippen LogP) is 3.14. The van der Waals surface area contributed by atoms with Crippen molar-refractivity contribution in [1.29, 1.82) is 0 Å². The molecule has 1 atom stereocenters. The highest BCUT2D eigenvalue weighted by atomic mass is 16.3. The number of carbonyl (C=O) groups is 1. The fourth-order valence-corrected chi connectivity index (χ4v) is 5.10. The quantitative estimate of drug-likeness (QED) is 0.795. The minimum atomic E-state index is 0.241. The van der Waals surface area contributed by atoms with E-state index in [0.717, 1.165) is 63.6 Å².